The summed E-state index contributed by atoms with van der Waals surface area (Å²) in [5.41, 5.74) is 34.4. The van der Waals surface area contributed by atoms with E-state index in [1.165, 1.54) is 209 Å². The lowest BCUT2D eigenvalue weighted by molar-refractivity contribution is 0.875. The molecule has 6 heteroatoms. The average molecular weight is 1920 g/mol. The molecule has 24 rings (SSSR count). The van der Waals surface area contributed by atoms with Gasteiger partial charge in [0, 0.05) is 101 Å². The molecule has 0 saturated carbocycles. The lowest BCUT2D eigenvalue weighted by Gasteiger charge is -2.32. The van der Waals surface area contributed by atoms with Gasteiger partial charge in [-0.2, -0.15) is 0 Å². The summed E-state index contributed by atoms with van der Waals surface area (Å²) in [6.45, 7) is 36.7. The lowest BCUT2D eigenvalue weighted by atomic mass is 9.84. The summed E-state index contributed by atoms with van der Waals surface area (Å²) in [5, 5.41) is 23.7. The molecule has 148 heavy (non-hydrogen) atoms. The molecule has 0 bridgehead atoms. The van der Waals surface area contributed by atoms with Crippen molar-refractivity contribution in [2.24, 2.45) is 0 Å². The van der Waals surface area contributed by atoms with Crippen LogP contribution in [0.3, 0.4) is 0 Å². The molecule has 0 aliphatic carbocycles. The first kappa shape index (κ1) is 96.0. The number of benzene rings is 24. The highest BCUT2D eigenvalue weighted by Crippen LogP contribution is 2.58. The summed E-state index contributed by atoms with van der Waals surface area (Å²) in [5.74, 6) is 2.04. The minimum absolute atomic E-state index is 0.338. The van der Waals surface area contributed by atoms with Gasteiger partial charge in [0.2, 0.25) is 0 Å². The second-order valence-corrected chi connectivity index (χ2v) is 42.0. The van der Waals surface area contributed by atoms with Crippen LogP contribution in [0, 0.1) is 27.7 Å². The quantitative estimate of drug-likeness (QED) is 0.0558. The molecule has 0 spiro atoms. The van der Waals surface area contributed by atoms with E-state index in [1.54, 1.807) is 0 Å². The Morgan fingerprint density at radius 1 is 0.128 bits per heavy atom. The molecule has 0 saturated heterocycles. The van der Waals surface area contributed by atoms with Crippen LogP contribution in [-0.2, 0) is 0 Å². The zero-order valence-corrected chi connectivity index (χ0v) is 87.9. The third kappa shape index (κ3) is 17.6. The maximum atomic E-state index is 2.47. The maximum Gasteiger partial charge on any atom is 0.0543 e. The maximum absolute atomic E-state index is 2.47. The van der Waals surface area contributed by atoms with Gasteiger partial charge in [-0.15, -0.1) is 0 Å². The Labute approximate surface area is 873 Å². The van der Waals surface area contributed by atoms with Crippen LogP contribution in [0.4, 0.5) is 102 Å². The SMILES string of the molecule is CC(C)c1cc(N(c2ccccc2)c2ccccc2)c2ccc3c(C(C)C)cc(N(c4ccccc4)c4ccccc4)c4ccc1c2c34.Cc1cccc(N(c2ccccc2)c2cc(C(C)C)c3ccc4c(N(c5ccccc5)c5cccc(C)c5)cc(C(C)C)c5ccc2c3c54)c1.Cc1ccccc1N(c1ccccc1)c1cc(C(C)C)c2ccc3c(N(c4ccccc4)c4ccccc4C)cc(C(C)C)c4ccc1c2c43. The highest BCUT2D eigenvalue weighted by molar-refractivity contribution is 6.33. The predicted molar refractivity (Wildman–Crippen MR) is 642 cm³/mol. The fraction of sp³-hybridized carbons (Fsp3) is 0.155. The van der Waals surface area contributed by atoms with Gasteiger partial charge in [-0.1, -0.05) is 362 Å². The van der Waals surface area contributed by atoms with Gasteiger partial charge in [-0.25, -0.2) is 0 Å². The summed E-state index contributed by atoms with van der Waals surface area (Å²) in [6.07, 6.45) is 0. The molecule has 0 fully saturated rings. The van der Waals surface area contributed by atoms with Gasteiger partial charge in [-0.3, -0.25) is 0 Å². The number of para-hydroxylation sites is 10. The zero-order chi connectivity index (χ0) is 102. The molecule has 0 aliphatic rings. The first-order valence-electron chi connectivity index (χ1n) is 52.9. The molecule has 0 aromatic heterocycles. The van der Waals surface area contributed by atoms with Crippen LogP contribution in [0.15, 0.2) is 449 Å². The molecule has 0 amide bonds. The van der Waals surface area contributed by atoms with Crippen molar-refractivity contribution in [1.29, 1.82) is 0 Å². The Morgan fingerprint density at radius 3 is 0.466 bits per heavy atom. The van der Waals surface area contributed by atoms with E-state index in [-0.39, 0.29) is 0 Å². The van der Waals surface area contributed by atoms with E-state index in [1.807, 2.05) is 0 Å². The van der Waals surface area contributed by atoms with Gasteiger partial charge in [0.25, 0.3) is 0 Å². The van der Waals surface area contributed by atoms with Crippen LogP contribution >= 0.6 is 0 Å². The second-order valence-electron chi connectivity index (χ2n) is 42.0. The van der Waals surface area contributed by atoms with Crippen LogP contribution in [0.25, 0.3) is 97.0 Å². The van der Waals surface area contributed by atoms with Gasteiger partial charge in [0.15, 0.2) is 0 Å². The van der Waals surface area contributed by atoms with E-state index >= 15 is 0 Å². The largest absolute Gasteiger partial charge is 0.310 e. The molecule has 24 aromatic rings. The number of anilines is 18. The molecule has 0 unspecified atom stereocenters. The van der Waals surface area contributed by atoms with Crippen molar-refractivity contribution in [1.82, 2.24) is 0 Å². The number of hydrogen-bond acceptors (Lipinski definition) is 6. The van der Waals surface area contributed by atoms with Gasteiger partial charge in [0.05, 0.1) is 34.1 Å². The Balaban J connectivity index is 0.000000126. The Bertz CT molecular complexity index is 8290. The van der Waals surface area contributed by atoms with Crippen molar-refractivity contribution in [2.75, 3.05) is 29.4 Å². The summed E-state index contributed by atoms with van der Waals surface area (Å²) in [6, 6.07) is 165. The van der Waals surface area contributed by atoms with Crippen molar-refractivity contribution in [3.63, 3.8) is 0 Å². The fourth-order valence-electron chi connectivity index (χ4n) is 23.3. The average Bonchev–Trinajstić information content (AvgIpc) is 0.710. The van der Waals surface area contributed by atoms with Crippen LogP contribution in [0.5, 0.6) is 0 Å². The van der Waals surface area contributed by atoms with Crippen molar-refractivity contribution in [3.05, 3.63) is 505 Å². The Kier molecular flexibility index (Phi) is 26.4. The van der Waals surface area contributed by atoms with Crippen LogP contribution in [0.1, 0.15) is 174 Å². The number of aryl methyl sites for hydroxylation is 4. The number of nitrogens with zero attached hydrogens (tertiary/aromatic N) is 6. The minimum Gasteiger partial charge on any atom is -0.310 e. The van der Waals surface area contributed by atoms with E-state index in [0.29, 0.717) is 35.5 Å². The van der Waals surface area contributed by atoms with Gasteiger partial charge in [-0.05, 0) is 353 Å². The zero-order valence-electron chi connectivity index (χ0n) is 87.9. The van der Waals surface area contributed by atoms with Crippen molar-refractivity contribution in [2.45, 2.75) is 146 Å². The van der Waals surface area contributed by atoms with Gasteiger partial charge < -0.3 is 29.4 Å². The molecule has 0 radical (unpaired) electrons. The van der Waals surface area contributed by atoms with E-state index in [0.717, 1.165) is 45.5 Å². The van der Waals surface area contributed by atoms with E-state index in [2.05, 4.69) is 589 Å². The number of hydrogen-bond donors (Lipinski definition) is 0. The van der Waals surface area contributed by atoms with E-state index in [4.69, 9.17) is 0 Å². The Hall–Kier alpha value is -16.8. The minimum atomic E-state index is 0.338. The second kappa shape index (κ2) is 40.7. The third-order valence-electron chi connectivity index (χ3n) is 30.3. The third-order valence-corrected chi connectivity index (χ3v) is 30.3. The van der Waals surface area contributed by atoms with Crippen molar-refractivity contribution < 1.29 is 0 Å². The summed E-state index contributed by atoms with van der Waals surface area (Å²) in [7, 11) is 0. The van der Waals surface area contributed by atoms with Crippen LogP contribution in [0.2, 0.25) is 0 Å². The highest BCUT2D eigenvalue weighted by atomic mass is 15.2. The smallest absolute Gasteiger partial charge is 0.0543 e. The Morgan fingerprint density at radius 2 is 0.284 bits per heavy atom. The molecule has 726 valence electrons. The topological polar surface area (TPSA) is 19.4 Å². The monoisotopic (exact) mass is 1920 g/mol. The standard InChI is InChI=1S/2C48H44N2.C46H40N2/c1-31(2)41-29-45(49(35-19-9-7-10-20-35)43-23-15-13-17-33(43)5)39-28-26-38-42(32(3)4)30-46(40-27-25-37(41)47(39)48(38)40)50(36-21-11-8-12-22-36)44-24-16-14-18-34(44)6;1-31(2)43-29-45(49(35-17-9-7-10-18-35)37-21-13-15-33(5)27-37)41-26-24-40-44(32(3)4)30-46(42-25-23-39(43)47(41)48(40)42)50(36-19-11-8-12-20-36)38-22-14-16-34(6)28-38;1-31(2)41-29-43(47(33-17-9-5-10-18-33)34-19-11-6-12-20-34)39-28-26-38-42(32(3)4)30-44(40-27-25-37(41)45(39)46(38)40)48(35-21-13-7-14-22-35)36-23-15-8-16-24-36/h2*7-32H,1-6H3;5-32H,1-4H3. The van der Waals surface area contributed by atoms with Gasteiger partial charge >= 0.3 is 0 Å². The summed E-state index contributed by atoms with van der Waals surface area (Å²) in [4.78, 5) is 14.7. The molecular formula is C142H128N6. The number of rotatable bonds is 24. The molecule has 0 atom stereocenters. The summed E-state index contributed by atoms with van der Waals surface area (Å²) >= 11 is 0. The van der Waals surface area contributed by atoms with Crippen LogP contribution in [-0.4, -0.2) is 0 Å². The van der Waals surface area contributed by atoms with Crippen LogP contribution < -0.4 is 29.4 Å². The predicted octanol–water partition coefficient (Wildman–Crippen LogP) is 42.5. The first-order chi connectivity index (χ1) is 72.1. The molecule has 0 heterocycles. The van der Waals surface area contributed by atoms with Crippen molar-refractivity contribution >= 4 is 199 Å². The molecule has 0 N–H and O–H groups in total. The van der Waals surface area contributed by atoms with E-state index in [9.17, 15) is 0 Å². The van der Waals surface area contributed by atoms with Crippen molar-refractivity contribution in [3.8, 4) is 0 Å². The molecular weight excluding hydrogens is 1790 g/mol. The van der Waals surface area contributed by atoms with Gasteiger partial charge in [0.1, 0.15) is 0 Å². The first-order valence-corrected chi connectivity index (χ1v) is 52.9. The summed E-state index contributed by atoms with van der Waals surface area (Å²) < 4.78 is 0. The highest BCUT2D eigenvalue weighted by Gasteiger charge is 2.33. The normalized spacial score (nSPS) is 11.7. The lowest BCUT2D eigenvalue weighted by Crippen LogP contribution is -2.14. The molecule has 0 aliphatic heterocycles. The molecule has 6 nitrogen and oxygen atoms in total. The molecule has 24 aromatic carbocycles. The fourth-order valence-corrected chi connectivity index (χ4v) is 23.3. The van der Waals surface area contributed by atoms with E-state index < -0.39 is 0 Å².